The highest BCUT2D eigenvalue weighted by atomic mass is 16.3. The molecule has 0 fully saturated rings. The summed E-state index contributed by atoms with van der Waals surface area (Å²) in [5.41, 5.74) is 0.173. The molecule has 1 radical (unpaired) electrons. The van der Waals surface area contributed by atoms with E-state index < -0.39 is 11.1 Å². The highest BCUT2D eigenvalue weighted by molar-refractivity contribution is 5.75. The molecule has 0 saturated heterocycles. The maximum Gasteiger partial charge on any atom is 0.317 e. The molecule has 1 N–H and O–H groups in total. The molecule has 0 saturated carbocycles. The van der Waals surface area contributed by atoms with Gasteiger partial charge in [-0.25, -0.2) is 0 Å². The van der Waals surface area contributed by atoms with E-state index in [1.54, 1.807) is 12.1 Å². The lowest BCUT2D eigenvalue weighted by atomic mass is 10.2. The van der Waals surface area contributed by atoms with Crippen molar-refractivity contribution in [2.24, 2.45) is 0 Å². The fourth-order valence-electron chi connectivity index (χ4n) is 2.09. The number of aromatic nitrogens is 2. The van der Waals surface area contributed by atoms with Gasteiger partial charge in [-0.3, -0.25) is 14.2 Å². The summed E-state index contributed by atoms with van der Waals surface area (Å²) in [6.45, 7) is 3.95. The minimum Gasteiger partial charge on any atom is -0.396 e. The van der Waals surface area contributed by atoms with E-state index in [1.165, 1.54) is 9.13 Å². The van der Waals surface area contributed by atoms with Crippen molar-refractivity contribution < 1.29 is 5.11 Å². The molecule has 0 bridgehead atoms. The van der Waals surface area contributed by atoms with E-state index in [9.17, 15) is 9.59 Å². The van der Waals surface area contributed by atoms with Crippen molar-refractivity contribution in [3.05, 3.63) is 57.6 Å². The Balaban J connectivity index is 2.80. The van der Waals surface area contributed by atoms with Crippen LogP contribution in [0.15, 0.2) is 40.4 Å². The molecule has 2 rings (SSSR count). The molecule has 19 heavy (non-hydrogen) atoms. The molecule has 1 aromatic heterocycles. The van der Waals surface area contributed by atoms with Crippen molar-refractivity contribution in [3.8, 4) is 0 Å². The summed E-state index contributed by atoms with van der Waals surface area (Å²) < 4.78 is 2.77. The van der Waals surface area contributed by atoms with Gasteiger partial charge in [0.05, 0.1) is 17.6 Å². The first-order chi connectivity index (χ1) is 9.20. The Labute approximate surface area is 110 Å². The number of aliphatic hydroxyl groups excluding tert-OH is 1. The summed E-state index contributed by atoms with van der Waals surface area (Å²) in [7, 11) is 0. The van der Waals surface area contributed by atoms with Gasteiger partial charge in [0.25, 0.3) is 0 Å². The fourth-order valence-corrected chi connectivity index (χ4v) is 2.09. The molecule has 0 aliphatic carbocycles. The molecule has 0 spiro atoms. The van der Waals surface area contributed by atoms with Gasteiger partial charge < -0.3 is 9.67 Å². The van der Waals surface area contributed by atoms with E-state index in [0.717, 1.165) is 0 Å². The summed E-state index contributed by atoms with van der Waals surface area (Å²) in [5.74, 6) is 0. The summed E-state index contributed by atoms with van der Waals surface area (Å²) in [6, 6.07) is 7.18. The van der Waals surface area contributed by atoms with E-state index in [2.05, 4.69) is 12.7 Å². The minimum atomic E-state index is -0.590. The summed E-state index contributed by atoms with van der Waals surface area (Å²) in [6.07, 6.45) is 3.06. The Morgan fingerprint density at radius 3 is 2.26 bits per heavy atom. The zero-order valence-electron chi connectivity index (χ0n) is 10.5. The fraction of sp³-hybridized carbons (Fsp3) is 0.286. The minimum absolute atomic E-state index is 0.0235. The van der Waals surface area contributed by atoms with Crippen LogP contribution >= 0.6 is 0 Å². The zero-order valence-corrected chi connectivity index (χ0v) is 10.5. The van der Waals surface area contributed by atoms with Crippen LogP contribution in [0.2, 0.25) is 0 Å². The molecule has 0 aliphatic heterocycles. The van der Waals surface area contributed by atoms with Gasteiger partial charge in [-0.2, -0.15) is 0 Å². The lowest BCUT2D eigenvalue weighted by Gasteiger charge is -2.13. The van der Waals surface area contributed by atoms with Crippen LogP contribution in [-0.4, -0.2) is 20.8 Å². The van der Waals surface area contributed by atoms with E-state index in [1.807, 2.05) is 12.1 Å². The summed E-state index contributed by atoms with van der Waals surface area (Å²) in [4.78, 5) is 24.1. The van der Waals surface area contributed by atoms with Crippen LogP contribution in [0, 0.1) is 6.08 Å². The second-order valence-electron chi connectivity index (χ2n) is 4.16. The molecule has 5 nitrogen and oxygen atoms in total. The molecule has 99 valence electrons. The molecule has 1 aromatic carbocycles. The van der Waals surface area contributed by atoms with Gasteiger partial charge in [0.2, 0.25) is 0 Å². The smallest absolute Gasteiger partial charge is 0.317 e. The summed E-state index contributed by atoms with van der Waals surface area (Å²) in [5, 5.41) is 8.88. The van der Waals surface area contributed by atoms with Crippen molar-refractivity contribution in [3.63, 3.8) is 0 Å². The van der Waals surface area contributed by atoms with Crippen LogP contribution in [-0.2, 0) is 13.1 Å². The maximum atomic E-state index is 12.1. The van der Waals surface area contributed by atoms with E-state index in [0.29, 0.717) is 24.0 Å². The number of nitrogens with zero attached hydrogens (tertiary/aromatic N) is 2. The molecule has 5 heteroatoms. The van der Waals surface area contributed by atoms with Gasteiger partial charge in [0.1, 0.15) is 0 Å². The average molecular weight is 259 g/mol. The van der Waals surface area contributed by atoms with Crippen LogP contribution in [0.3, 0.4) is 0 Å². The topological polar surface area (TPSA) is 64.2 Å². The zero-order chi connectivity index (χ0) is 13.8. The van der Waals surface area contributed by atoms with Gasteiger partial charge in [0, 0.05) is 13.2 Å². The predicted molar refractivity (Wildman–Crippen MR) is 73.0 cm³/mol. The number of hydrogen-bond acceptors (Lipinski definition) is 3. The quantitative estimate of drug-likeness (QED) is 0.797. The van der Waals surface area contributed by atoms with Crippen molar-refractivity contribution in [2.45, 2.75) is 19.5 Å². The van der Waals surface area contributed by atoms with Crippen LogP contribution in [0.25, 0.3) is 11.0 Å². The number of rotatable bonds is 5. The molecule has 0 atom stereocenters. The van der Waals surface area contributed by atoms with E-state index >= 15 is 0 Å². The first-order valence-electron chi connectivity index (χ1n) is 6.04. The SMILES string of the molecule is C=[C]Cn1c(=O)c(=O)n(CCCO)c2ccccc21. The molecule has 2 aromatic rings. The monoisotopic (exact) mass is 259 g/mol. The molecule has 0 unspecified atom stereocenters. The van der Waals surface area contributed by atoms with Crippen LogP contribution in [0.4, 0.5) is 0 Å². The van der Waals surface area contributed by atoms with Gasteiger partial charge in [-0.1, -0.05) is 18.7 Å². The van der Waals surface area contributed by atoms with Gasteiger partial charge >= 0.3 is 11.1 Å². The Bertz CT molecular complexity index is 713. The molecular formula is C14H15N2O3. The van der Waals surface area contributed by atoms with Crippen LogP contribution in [0.1, 0.15) is 6.42 Å². The van der Waals surface area contributed by atoms with Crippen LogP contribution in [0.5, 0.6) is 0 Å². The largest absolute Gasteiger partial charge is 0.396 e. The molecule has 0 amide bonds. The van der Waals surface area contributed by atoms with Crippen molar-refractivity contribution in [2.75, 3.05) is 6.61 Å². The average Bonchev–Trinajstić information content (AvgIpc) is 2.44. The van der Waals surface area contributed by atoms with Gasteiger partial charge in [-0.15, -0.1) is 0 Å². The highest BCUT2D eigenvalue weighted by Crippen LogP contribution is 2.10. The Kier molecular flexibility index (Phi) is 3.97. The lowest BCUT2D eigenvalue weighted by Crippen LogP contribution is -2.41. The number of para-hydroxylation sites is 2. The Morgan fingerprint density at radius 1 is 1.11 bits per heavy atom. The maximum absolute atomic E-state index is 12.1. The third-order valence-electron chi connectivity index (χ3n) is 2.95. The number of allylic oxidation sites excluding steroid dienone is 1. The van der Waals surface area contributed by atoms with Crippen LogP contribution < -0.4 is 11.1 Å². The Hall–Kier alpha value is -2.14. The Morgan fingerprint density at radius 2 is 1.68 bits per heavy atom. The number of aliphatic hydroxyl groups is 1. The van der Waals surface area contributed by atoms with Crippen molar-refractivity contribution >= 4 is 11.0 Å². The third-order valence-corrected chi connectivity index (χ3v) is 2.95. The highest BCUT2D eigenvalue weighted by Gasteiger charge is 2.11. The number of hydrogen-bond donors (Lipinski definition) is 1. The second kappa shape index (κ2) is 5.67. The van der Waals surface area contributed by atoms with Gasteiger partial charge in [0.15, 0.2) is 0 Å². The number of benzene rings is 1. The first kappa shape index (κ1) is 13.3. The first-order valence-corrected chi connectivity index (χ1v) is 6.04. The van der Waals surface area contributed by atoms with Gasteiger partial charge in [-0.05, 0) is 24.6 Å². The second-order valence-corrected chi connectivity index (χ2v) is 4.16. The normalized spacial score (nSPS) is 10.8. The predicted octanol–water partition coefficient (Wildman–Crippen LogP) is 0.535. The van der Waals surface area contributed by atoms with E-state index in [4.69, 9.17) is 5.11 Å². The standard InChI is InChI=1S/C14H15N2O3/c1-2-8-15-11-6-3-4-7-12(11)16(9-5-10-17)14(19)13(15)18/h3-4,6-7,17H,1,5,8-10H2. The molecule has 0 aliphatic rings. The molecular weight excluding hydrogens is 244 g/mol. The lowest BCUT2D eigenvalue weighted by molar-refractivity contribution is 0.279. The van der Waals surface area contributed by atoms with E-state index in [-0.39, 0.29) is 13.2 Å². The van der Waals surface area contributed by atoms with Crippen molar-refractivity contribution in [1.29, 1.82) is 0 Å². The summed E-state index contributed by atoms with van der Waals surface area (Å²) >= 11 is 0. The molecule has 1 heterocycles. The third kappa shape index (κ3) is 2.37. The number of fused-ring (bicyclic) bond motifs is 1. The van der Waals surface area contributed by atoms with Crippen molar-refractivity contribution in [1.82, 2.24) is 9.13 Å². The number of aryl methyl sites for hydroxylation is 1.